The van der Waals surface area contributed by atoms with Gasteiger partial charge in [0.15, 0.2) is 23.0 Å². The molecular weight excluding hydrogens is 624 g/mol. The van der Waals surface area contributed by atoms with Crippen LogP contribution in [0, 0.1) is 0 Å². The van der Waals surface area contributed by atoms with Crippen LogP contribution in [-0.4, -0.2) is 50.3 Å². The maximum absolute atomic E-state index is 14.0. The summed E-state index contributed by atoms with van der Waals surface area (Å²) in [6.45, 7) is 0.447. The number of hydrogen-bond donors (Lipinski definition) is 0. The number of carbonyl (C=O) groups is 2. The van der Waals surface area contributed by atoms with E-state index in [1.54, 1.807) is 36.4 Å². The van der Waals surface area contributed by atoms with Crippen molar-refractivity contribution in [3.05, 3.63) is 132 Å². The van der Waals surface area contributed by atoms with Crippen LogP contribution in [0.4, 0.5) is 0 Å². The highest BCUT2D eigenvalue weighted by molar-refractivity contribution is 6.10. The zero-order valence-corrected chi connectivity index (χ0v) is 27.5. The van der Waals surface area contributed by atoms with Crippen LogP contribution in [0.3, 0.4) is 0 Å². The van der Waals surface area contributed by atoms with Gasteiger partial charge in [0.05, 0.1) is 39.8 Å². The summed E-state index contributed by atoms with van der Waals surface area (Å²) in [7, 11) is 5.44. The first-order valence-corrected chi connectivity index (χ1v) is 15.4. The van der Waals surface area contributed by atoms with Crippen molar-refractivity contribution in [1.82, 2.24) is 9.97 Å². The third-order valence-electron chi connectivity index (χ3n) is 8.20. The number of aromatic nitrogens is 2. The summed E-state index contributed by atoms with van der Waals surface area (Å²) in [6.07, 6.45) is 0. The summed E-state index contributed by atoms with van der Waals surface area (Å²) in [5, 5.41) is 1.37. The summed E-state index contributed by atoms with van der Waals surface area (Å²) in [5.41, 5.74) is 0.356. The van der Waals surface area contributed by atoms with E-state index in [4.69, 9.17) is 38.4 Å². The number of hydrogen-bond acceptors (Lipinski definition) is 10. The first-order chi connectivity index (χ1) is 23.9. The SMILES string of the molecule is COC(=O)C(C(=O)OC)(c1ccc2ccc(OC)c(OCc3ccccc3)c2n1)c1ccc2ccc(OC)c(OCc3ccccc3)c2n1. The Morgan fingerprint density at radius 3 is 1.29 bits per heavy atom. The Morgan fingerprint density at radius 2 is 0.918 bits per heavy atom. The third kappa shape index (κ3) is 6.16. The molecule has 0 saturated heterocycles. The van der Waals surface area contributed by atoms with Crippen LogP contribution in [0.5, 0.6) is 23.0 Å². The molecule has 0 bridgehead atoms. The molecule has 0 amide bonds. The van der Waals surface area contributed by atoms with Crippen LogP contribution < -0.4 is 18.9 Å². The van der Waals surface area contributed by atoms with Gasteiger partial charge in [0.2, 0.25) is 5.41 Å². The number of nitrogens with zero attached hydrogens (tertiary/aromatic N) is 2. The largest absolute Gasteiger partial charge is 0.493 e. The van der Waals surface area contributed by atoms with Gasteiger partial charge in [-0.2, -0.15) is 0 Å². The molecule has 0 saturated carbocycles. The van der Waals surface area contributed by atoms with Gasteiger partial charge in [0.1, 0.15) is 24.2 Å². The van der Waals surface area contributed by atoms with Crippen LogP contribution in [0.25, 0.3) is 21.8 Å². The summed E-state index contributed by atoms with van der Waals surface area (Å²) >= 11 is 0. The first kappa shape index (κ1) is 32.8. The number of pyridine rings is 2. The van der Waals surface area contributed by atoms with Gasteiger partial charge in [-0.15, -0.1) is 0 Å². The van der Waals surface area contributed by atoms with Crippen molar-refractivity contribution in [3.63, 3.8) is 0 Å². The van der Waals surface area contributed by atoms with Crippen molar-refractivity contribution < 1.29 is 38.0 Å². The Hall–Kier alpha value is -6.16. The highest BCUT2D eigenvalue weighted by Gasteiger charge is 2.55. The van der Waals surface area contributed by atoms with Crippen LogP contribution >= 0.6 is 0 Å². The van der Waals surface area contributed by atoms with Crippen molar-refractivity contribution in [2.75, 3.05) is 28.4 Å². The van der Waals surface area contributed by atoms with E-state index in [0.717, 1.165) is 11.1 Å². The minimum Gasteiger partial charge on any atom is -0.493 e. The zero-order valence-electron chi connectivity index (χ0n) is 27.5. The Labute approximate surface area is 283 Å². The second kappa shape index (κ2) is 14.3. The van der Waals surface area contributed by atoms with E-state index in [1.807, 2.05) is 72.8 Å². The molecule has 49 heavy (non-hydrogen) atoms. The standard InChI is InChI=1S/C39H34N2O8/c1-44-29-19-15-27-17-21-31(40-33(27)35(29)48-23-25-11-7-5-8-12-25)39(37(42)46-3,38(43)47-4)32-22-18-28-16-20-30(45-2)36(34(28)41-32)49-24-26-13-9-6-10-14-26/h5-22H,23-24H2,1-4H3. The van der Waals surface area contributed by atoms with Crippen molar-refractivity contribution >= 4 is 33.7 Å². The topological polar surface area (TPSA) is 115 Å². The molecule has 0 fully saturated rings. The fourth-order valence-corrected chi connectivity index (χ4v) is 5.70. The Kier molecular flexibility index (Phi) is 9.57. The maximum atomic E-state index is 14.0. The number of benzene rings is 4. The van der Waals surface area contributed by atoms with Crippen LogP contribution in [0.15, 0.2) is 109 Å². The minimum absolute atomic E-state index is 0.0121. The van der Waals surface area contributed by atoms with E-state index in [0.29, 0.717) is 44.8 Å². The fourth-order valence-electron chi connectivity index (χ4n) is 5.70. The van der Waals surface area contributed by atoms with Gasteiger partial charge >= 0.3 is 11.9 Å². The van der Waals surface area contributed by atoms with Crippen LogP contribution in [-0.2, 0) is 37.7 Å². The zero-order chi connectivity index (χ0) is 34.4. The van der Waals surface area contributed by atoms with E-state index in [-0.39, 0.29) is 24.6 Å². The van der Waals surface area contributed by atoms with Crippen molar-refractivity contribution in [2.24, 2.45) is 0 Å². The molecule has 4 aromatic carbocycles. The number of carbonyl (C=O) groups excluding carboxylic acids is 2. The van der Waals surface area contributed by atoms with Gasteiger partial charge in [-0.25, -0.2) is 19.6 Å². The lowest BCUT2D eigenvalue weighted by molar-refractivity contribution is -0.159. The van der Waals surface area contributed by atoms with Gasteiger partial charge in [-0.3, -0.25) is 0 Å². The highest BCUT2D eigenvalue weighted by Crippen LogP contribution is 2.41. The molecule has 0 aliphatic carbocycles. The second-order valence-corrected chi connectivity index (χ2v) is 11.0. The molecule has 248 valence electrons. The molecule has 0 spiro atoms. The molecule has 6 aromatic rings. The van der Waals surface area contributed by atoms with Crippen molar-refractivity contribution in [3.8, 4) is 23.0 Å². The Bertz CT molecular complexity index is 1970. The Balaban J connectivity index is 1.55. The average Bonchev–Trinajstić information content (AvgIpc) is 3.16. The molecule has 0 N–H and O–H groups in total. The molecule has 0 radical (unpaired) electrons. The molecule has 6 rings (SSSR count). The number of esters is 2. The molecule has 0 unspecified atom stereocenters. The van der Waals surface area contributed by atoms with Gasteiger partial charge < -0.3 is 28.4 Å². The molecule has 10 heteroatoms. The minimum atomic E-state index is -2.24. The van der Waals surface area contributed by atoms with Crippen LogP contribution in [0.2, 0.25) is 0 Å². The van der Waals surface area contributed by atoms with E-state index in [9.17, 15) is 9.59 Å². The van der Waals surface area contributed by atoms with Crippen LogP contribution in [0.1, 0.15) is 22.5 Å². The number of methoxy groups -OCH3 is 4. The quantitative estimate of drug-likeness (QED) is 0.105. The summed E-state index contributed by atoms with van der Waals surface area (Å²) in [5.74, 6) is -0.370. The molecule has 0 aliphatic rings. The lowest BCUT2D eigenvalue weighted by Crippen LogP contribution is -2.47. The van der Waals surface area contributed by atoms with Gasteiger partial charge in [-0.05, 0) is 47.5 Å². The molecule has 2 heterocycles. The molecule has 0 aliphatic heterocycles. The predicted molar refractivity (Wildman–Crippen MR) is 183 cm³/mol. The second-order valence-electron chi connectivity index (χ2n) is 11.0. The predicted octanol–water partition coefficient (Wildman–Crippen LogP) is 6.59. The van der Waals surface area contributed by atoms with Crippen molar-refractivity contribution in [1.29, 1.82) is 0 Å². The summed E-state index contributed by atoms with van der Waals surface area (Å²) in [6, 6.07) is 33.1. The lowest BCUT2D eigenvalue weighted by atomic mass is 9.79. The number of fused-ring (bicyclic) bond motifs is 2. The summed E-state index contributed by atoms with van der Waals surface area (Å²) < 4.78 is 34.4. The molecule has 0 atom stereocenters. The fraction of sp³-hybridized carbons (Fsp3) is 0.179. The monoisotopic (exact) mass is 658 g/mol. The van der Waals surface area contributed by atoms with E-state index in [1.165, 1.54) is 28.4 Å². The number of ether oxygens (including phenoxy) is 6. The normalized spacial score (nSPS) is 11.2. The molecular formula is C39H34N2O8. The average molecular weight is 659 g/mol. The molecule has 10 nitrogen and oxygen atoms in total. The maximum Gasteiger partial charge on any atom is 0.335 e. The third-order valence-corrected chi connectivity index (χ3v) is 8.20. The molecule has 2 aromatic heterocycles. The van der Waals surface area contributed by atoms with Gasteiger partial charge in [0, 0.05) is 10.8 Å². The first-order valence-electron chi connectivity index (χ1n) is 15.4. The van der Waals surface area contributed by atoms with E-state index < -0.39 is 17.4 Å². The van der Waals surface area contributed by atoms with E-state index in [2.05, 4.69) is 0 Å². The van der Waals surface area contributed by atoms with Crippen molar-refractivity contribution in [2.45, 2.75) is 18.6 Å². The van der Waals surface area contributed by atoms with Gasteiger partial charge in [-0.1, -0.05) is 72.8 Å². The van der Waals surface area contributed by atoms with Gasteiger partial charge in [0.25, 0.3) is 0 Å². The summed E-state index contributed by atoms with van der Waals surface area (Å²) in [4.78, 5) is 37.8. The highest BCUT2D eigenvalue weighted by atomic mass is 16.5. The lowest BCUT2D eigenvalue weighted by Gasteiger charge is -2.28. The number of rotatable bonds is 12. The smallest absolute Gasteiger partial charge is 0.335 e. The van der Waals surface area contributed by atoms with E-state index >= 15 is 0 Å². The Morgan fingerprint density at radius 1 is 0.531 bits per heavy atom.